The molecule has 0 aliphatic rings. The molecule has 132 valence electrons. The largest absolute Gasteiger partial charge is 0.503 e. The number of benzene rings is 1. The molecule has 0 bridgehead atoms. The van der Waals surface area contributed by atoms with E-state index in [0.717, 1.165) is 12.8 Å². The lowest BCUT2D eigenvalue weighted by atomic mass is 10.1. The van der Waals surface area contributed by atoms with E-state index in [2.05, 4.69) is 6.92 Å². The lowest BCUT2D eigenvalue weighted by molar-refractivity contribution is 0.229. The van der Waals surface area contributed by atoms with Crippen molar-refractivity contribution >= 4 is 11.0 Å². The molecule has 2 rings (SSSR count). The smallest absolute Gasteiger partial charge is 0.383 e. The van der Waals surface area contributed by atoms with E-state index >= 15 is 0 Å². The maximum atomic E-state index is 12.1. The maximum absolute atomic E-state index is 12.1. The van der Waals surface area contributed by atoms with Crippen LogP contribution in [0.15, 0.2) is 27.4 Å². The van der Waals surface area contributed by atoms with E-state index in [0.29, 0.717) is 24.2 Å². The zero-order valence-electron chi connectivity index (χ0n) is 14.1. The number of aliphatic hydroxyl groups is 1. The Balaban J connectivity index is 2.35. The second-order valence-electron chi connectivity index (χ2n) is 5.83. The zero-order chi connectivity index (χ0) is 17.5. The predicted molar refractivity (Wildman–Crippen MR) is 90.9 cm³/mol. The Hall–Kier alpha value is -2.21. The third kappa shape index (κ3) is 4.20. The molecule has 6 nitrogen and oxygen atoms in total. The van der Waals surface area contributed by atoms with Gasteiger partial charge in [0.25, 0.3) is 0 Å². The molecule has 1 aromatic carbocycles. The van der Waals surface area contributed by atoms with Crippen LogP contribution in [0.1, 0.15) is 33.1 Å². The van der Waals surface area contributed by atoms with Crippen molar-refractivity contribution in [2.75, 3.05) is 19.8 Å². The first-order valence-electron chi connectivity index (χ1n) is 8.23. The van der Waals surface area contributed by atoms with Gasteiger partial charge in [-0.15, -0.1) is 0 Å². The van der Waals surface area contributed by atoms with E-state index in [1.54, 1.807) is 18.2 Å². The number of aliphatic hydroxyl groups excluding tert-OH is 1. The summed E-state index contributed by atoms with van der Waals surface area (Å²) in [7, 11) is 0. The first-order chi connectivity index (χ1) is 11.6. The fourth-order valence-corrected chi connectivity index (χ4v) is 2.48. The summed E-state index contributed by atoms with van der Waals surface area (Å²) >= 11 is 0. The molecule has 6 heteroatoms. The van der Waals surface area contributed by atoms with E-state index in [4.69, 9.17) is 19.0 Å². The van der Waals surface area contributed by atoms with E-state index in [9.17, 15) is 9.90 Å². The standard InChI is InChI=1S/C18H24O6/c1-3-6-12(2)11-23-17-16(20)15-13(22-10-5-9-19)7-4-8-14(15)24-18(17)21/h4,7-8,12,19-20H,3,5-6,9-11H2,1-2H3. The summed E-state index contributed by atoms with van der Waals surface area (Å²) in [4.78, 5) is 12.1. The van der Waals surface area contributed by atoms with Gasteiger partial charge in [-0.1, -0.05) is 26.3 Å². The van der Waals surface area contributed by atoms with Crippen LogP contribution in [0.25, 0.3) is 11.0 Å². The first kappa shape index (κ1) is 18.1. The molecule has 1 atom stereocenters. The highest BCUT2D eigenvalue weighted by Crippen LogP contribution is 2.37. The molecule has 1 unspecified atom stereocenters. The summed E-state index contributed by atoms with van der Waals surface area (Å²) in [5.41, 5.74) is -0.482. The normalized spacial score (nSPS) is 12.3. The quantitative estimate of drug-likeness (QED) is 0.540. The topological polar surface area (TPSA) is 89.1 Å². The predicted octanol–water partition coefficient (Wildman–Crippen LogP) is 3.07. The Morgan fingerprint density at radius 3 is 2.79 bits per heavy atom. The monoisotopic (exact) mass is 336 g/mol. The van der Waals surface area contributed by atoms with Crippen molar-refractivity contribution in [2.24, 2.45) is 5.92 Å². The highest BCUT2D eigenvalue weighted by atomic mass is 16.5. The van der Waals surface area contributed by atoms with E-state index in [1.807, 2.05) is 6.92 Å². The van der Waals surface area contributed by atoms with Gasteiger partial charge in [0.2, 0.25) is 5.75 Å². The second-order valence-corrected chi connectivity index (χ2v) is 5.83. The number of aromatic hydroxyl groups is 1. The molecule has 24 heavy (non-hydrogen) atoms. The van der Waals surface area contributed by atoms with Crippen LogP contribution in [0.2, 0.25) is 0 Å². The van der Waals surface area contributed by atoms with E-state index in [-0.39, 0.29) is 36.2 Å². The van der Waals surface area contributed by atoms with E-state index < -0.39 is 5.63 Å². The summed E-state index contributed by atoms with van der Waals surface area (Å²) < 4.78 is 16.3. The van der Waals surface area contributed by atoms with Gasteiger partial charge in [-0.05, 0) is 24.5 Å². The molecule has 0 spiro atoms. The fraction of sp³-hybridized carbons (Fsp3) is 0.500. The van der Waals surface area contributed by atoms with Crippen LogP contribution in [-0.4, -0.2) is 30.0 Å². The molecule has 1 heterocycles. The van der Waals surface area contributed by atoms with Crippen LogP contribution in [0.5, 0.6) is 17.2 Å². The Kier molecular flexibility index (Phi) is 6.49. The van der Waals surface area contributed by atoms with Gasteiger partial charge in [0.1, 0.15) is 16.7 Å². The molecule has 0 saturated heterocycles. The molecule has 0 radical (unpaired) electrons. The maximum Gasteiger partial charge on any atom is 0.383 e. The van der Waals surface area contributed by atoms with Crippen LogP contribution < -0.4 is 15.1 Å². The average molecular weight is 336 g/mol. The van der Waals surface area contributed by atoms with Crippen molar-refractivity contribution in [1.82, 2.24) is 0 Å². The van der Waals surface area contributed by atoms with Gasteiger partial charge in [-0.2, -0.15) is 0 Å². The number of ether oxygens (including phenoxy) is 2. The number of rotatable bonds is 9. The average Bonchev–Trinajstić information content (AvgIpc) is 2.55. The lowest BCUT2D eigenvalue weighted by Crippen LogP contribution is -2.14. The summed E-state index contributed by atoms with van der Waals surface area (Å²) in [5.74, 6) is 0.183. The molecule has 0 amide bonds. The molecular formula is C18H24O6. The van der Waals surface area contributed by atoms with Crippen LogP contribution in [0, 0.1) is 5.92 Å². The Morgan fingerprint density at radius 1 is 1.29 bits per heavy atom. The molecule has 0 aliphatic heterocycles. The minimum absolute atomic E-state index is 0.00943. The number of hydrogen-bond donors (Lipinski definition) is 2. The van der Waals surface area contributed by atoms with Crippen molar-refractivity contribution < 1.29 is 24.1 Å². The van der Waals surface area contributed by atoms with Gasteiger partial charge in [0.05, 0.1) is 13.2 Å². The Morgan fingerprint density at radius 2 is 2.08 bits per heavy atom. The van der Waals surface area contributed by atoms with Crippen molar-refractivity contribution in [1.29, 1.82) is 0 Å². The molecular weight excluding hydrogens is 312 g/mol. The number of hydrogen-bond acceptors (Lipinski definition) is 6. The van der Waals surface area contributed by atoms with Crippen LogP contribution in [0.3, 0.4) is 0 Å². The molecule has 0 saturated carbocycles. The minimum Gasteiger partial charge on any atom is -0.503 e. The van der Waals surface area contributed by atoms with Crippen molar-refractivity contribution in [3.05, 3.63) is 28.6 Å². The van der Waals surface area contributed by atoms with Crippen LogP contribution in [0.4, 0.5) is 0 Å². The fourth-order valence-electron chi connectivity index (χ4n) is 2.48. The van der Waals surface area contributed by atoms with Gasteiger partial charge in [0, 0.05) is 13.0 Å². The van der Waals surface area contributed by atoms with E-state index in [1.165, 1.54) is 0 Å². The molecule has 1 aromatic heterocycles. The molecule has 2 N–H and O–H groups in total. The summed E-state index contributed by atoms with van der Waals surface area (Å²) in [6.45, 7) is 4.72. The summed E-state index contributed by atoms with van der Waals surface area (Å²) in [6.07, 6.45) is 2.45. The molecule has 0 fully saturated rings. The highest BCUT2D eigenvalue weighted by molar-refractivity contribution is 5.91. The highest BCUT2D eigenvalue weighted by Gasteiger charge is 2.19. The van der Waals surface area contributed by atoms with Gasteiger partial charge < -0.3 is 24.1 Å². The lowest BCUT2D eigenvalue weighted by Gasteiger charge is -2.14. The molecule has 2 aromatic rings. The van der Waals surface area contributed by atoms with Crippen LogP contribution >= 0.6 is 0 Å². The second kappa shape index (κ2) is 8.59. The Labute approximate surface area is 140 Å². The van der Waals surface area contributed by atoms with Gasteiger partial charge in [-0.25, -0.2) is 4.79 Å². The summed E-state index contributed by atoms with van der Waals surface area (Å²) in [6, 6.07) is 4.92. The van der Waals surface area contributed by atoms with Crippen LogP contribution in [-0.2, 0) is 0 Å². The van der Waals surface area contributed by atoms with Crippen molar-refractivity contribution in [3.8, 4) is 17.2 Å². The number of fused-ring (bicyclic) bond motifs is 1. The molecule has 0 aliphatic carbocycles. The van der Waals surface area contributed by atoms with Gasteiger partial charge >= 0.3 is 5.63 Å². The third-order valence-corrected chi connectivity index (χ3v) is 3.68. The Bertz CT molecular complexity index is 721. The third-order valence-electron chi connectivity index (χ3n) is 3.68. The SMILES string of the molecule is CCCC(C)COc1c(O)c2c(OCCCO)cccc2oc1=O. The first-order valence-corrected chi connectivity index (χ1v) is 8.23. The van der Waals surface area contributed by atoms with Gasteiger partial charge in [-0.3, -0.25) is 0 Å². The zero-order valence-corrected chi connectivity index (χ0v) is 14.1. The van der Waals surface area contributed by atoms with Gasteiger partial charge in [0.15, 0.2) is 5.75 Å². The van der Waals surface area contributed by atoms with Crippen molar-refractivity contribution in [2.45, 2.75) is 33.1 Å². The minimum atomic E-state index is -0.712. The van der Waals surface area contributed by atoms with Crippen molar-refractivity contribution in [3.63, 3.8) is 0 Å². The summed E-state index contributed by atoms with van der Waals surface area (Å²) in [5, 5.41) is 19.6.